The monoisotopic (exact) mass is 404 g/mol. The lowest BCUT2D eigenvalue weighted by Crippen LogP contribution is -2.56. The smallest absolute Gasteiger partial charge is 0.241 e. The number of aromatic nitrogens is 2. The maximum Gasteiger partial charge on any atom is 0.241 e. The van der Waals surface area contributed by atoms with Gasteiger partial charge in [0.1, 0.15) is 0 Å². The molecule has 3 saturated carbocycles. The Morgan fingerprint density at radius 1 is 1.07 bits per heavy atom. The first kappa shape index (κ1) is 19.7. The van der Waals surface area contributed by atoms with Gasteiger partial charge in [0.25, 0.3) is 0 Å². The van der Waals surface area contributed by atoms with Crippen LogP contribution in [0, 0.1) is 29.1 Å². The molecule has 1 amide bonds. The molecule has 3 heterocycles. The maximum absolute atomic E-state index is 13.5. The first-order valence-electron chi connectivity index (χ1n) is 11.3. The standard InChI is InChI=1S/C25H32N4O/c1-16-19(12-20-13-21(16)25(20,2)3)14-29-15-28-23(24(29)30)22(17-4-8-26-9-5-17)18-6-10-27-11-7-18/h4-11,16,19-23,28H,12-15H2,1-3H3. The van der Waals surface area contributed by atoms with E-state index in [4.69, 9.17) is 0 Å². The first-order chi connectivity index (χ1) is 14.5. The highest BCUT2D eigenvalue weighted by atomic mass is 16.2. The van der Waals surface area contributed by atoms with Gasteiger partial charge in [-0.3, -0.25) is 20.1 Å². The summed E-state index contributed by atoms with van der Waals surface area (Å²) in [5.41, 5.74) is 2.70. The summed E-state index contributed by atoms with van der Waals surface area (Å²) < 4.78 is 0. The van der Waals surface area contributed by atoms with Crippen LogP contribution in [-0.2, 0) is 4.79 Å². The van der Waals surface area contributed by atoms with E-state index in [9.17, 15) is 4.79 Å². The van der Waals surface area contributed by atoms with Crippen LogP contribution in [0.3, 0.4) is 0 Å². The predicted molar refractivity (Wildman–Crippen MR) is 116 cm³/mol. The molecule has 1 N–H and O–H groups in total. The molecule has 5 unspecified atom stereocenters. The molecule has 0 aromatic carbocycles. The van der Waals surface area contributed by atoms with Crippen LogP contribution in [0.15, 0.2) is 49.1 Å². The largest absolute Gasteiger partial charge is 0.328 e. The van der Waals surface area contributed by atoms with Gasteiger partial charge in [0.15, 0.2) is 0 Å². The molecule has 4 fully saturated rings. The van der Waals surface area contributed by atoms with Crippen molar-refractivity contribution in [1.82, 2.24) is 20.2 Å². The summed E-state index contributed by atoms with van der Waals surface area (Å²) in [5, 5.41) is 3.53. The Bertz CT molecular complexity index is 860. The van der Waals surface area contributed by atoms with Crippen LogP contribution >= 0.6 is 0 Å². The average Bonchev–Trinajstić information content (AvgIpc) is 3.11. The molecule has 0 radical (unpaired) electrons. The third-order valence-corrected chi connectivity index (χ3v) is 8.51. The normalized spacial score (nSPS) is 32.3. The van der Waals surface area contributed by atoms with E-state index < -0.39 is 0 Å². The van der Waals surface area contributed by atoms with Gasteiger partial charge in [-0.2, -0.15) is 0 Å². The highest BCUT2D eigenvalue weighted by Gasteiger charge is 2.56. The molecule has 2 bridgehead atoms. The minimum atomic E-state index is -0.250. The number of carbonyl (C=O) groups excluding carboxylic acids is 1. The summed E-state index contributed by atoms with van der Waals surface area (Å²) in [6.07, 6.45) is 9.86. The van der Waals surface area contributed by atoms with Crippen molar-refractivity contribution in [2.45, 2.75) is 45.6 Å². The van der Waals surface area contributed by atoms with Gasteiger partial charge in [0.05, 0.1) is 12.7 Å². The van der Waals surface area contributed by atoms with Crippen LogP contribution in [0.1, 0.15) is 50.7 Å². The molecule has 1 saturated heterocycles. The van der Waals surface area contributed by atoms with Crippen molar-refractivity contribution in [3.05, 3.63) is 60.2 Å². The Kier molecular flexibility index (Phi) is 4.89. The predicted octanol–water partition coefficient (Wildman–Crippen LogP) is 3.68. The van der Waals surface area contributed by atoms with Gasteiger partial charge in [-0.15, -0.1) is 0 Å². The number of nitrogens with zero attached hydrogens (tertiary/aromatic N) is 3. The van der Waals surface area contributed by atoms with E-state index in [0.29, 0.717) is 23.9 Å². The lowest BCUT2D eigenvalue weighted by molar-refractivity contribution is -0.142. The van der Waals surface area contributed by atoms with Crippen molar-refractivity contribution < 1.29 is 4.79 Å². The molecule has 4 aliphatic rings. The fourth-order valence-electron chi connectivity index (χ4n) is 6.49. The quantitative estimate of drug-likeness (QED) is 0.826. The Labute approximate surface area is 179 Å². The SMILES string of the molecule is CC1C(CN2CNC(C(c3ccncc3)c3ccncc3)C2=O)CC2CC1C2(C)C. The molecule has 0 spiro atoms. The summed E-state index contributed by atoms with van der Waals surface area (Å²) in [4.78, 5) is 23.9. The minimum absolute atomic E-state index is 0.0374. The lowest BCUT2D eigenvalue weighted by atomic mass is 9.43. The van der Waals surface area contributed by atoms with Crippen molar-refractivity contribution in [3.8, 4) is 0 Å². The van der Waals surface area contributed by atoms with Gasteiger partial charge in [0.2, 0.25) is 5.91 Å². The van der Waals surface area contributed by atoms with Crippen molar-refractivity contribution in [2.75, 3.05) is 13.2 Å². The summed E-state index contributed by atoms with van der Waals surface area (Å²) in [6.45, 7) is 8.80. The molecule has 1 aliphatic heterocycles. The number of hydrogen-bond donors (Lipinski definition) is 1. The lowest BCUT2D eigenvalue weighted by Gasteiger charge is -2.62. The average molecular weight is 405 g/mol. The van der Waals surface area contributed by atoms with E-state index in [-0.39, 0.29) is 17.9 Å². The summed E-state index contributed by atoms with van der Waals surface area (Å²) in [7, 11) is 0. The fourth-order valence-corrected chi connectivity index (χ4v) is 6.49. The molecule has 2 aromatic heterocycles. The number of hydrogen-bond acceptors (Lipinski definition) is 4. The van der Waals surface area contributed by atoms with Crippen LogP contribution in [0.25, 0.3) is 0 Å². The second-order valence-corrected chi connectivity index (χ2v) is 10.2. The van der Waals surface area contributed by atoms with Gasteiger partial charge in [-0.1, -0.05) is 20.8 Å². The molecular weight excluding hydrogens is 372 g/mol. The van der Waals surface area contributed by atoms with Crippen molar-refractivity contribution in [3.63, 3.8) is 0 Å². The molecule has 6 rings (SSSR count). The van der Waals surface area contributed by atoms with E-state index in [1.165, 1.54) is 12.8 Å². The zero-order chi connectivity index (χ0) is 20.9. The number of pyridine rings is 2. The number of rotatable bonds is 5. The Morgan fingerprint density at radius 2 is 1.67 bits per heavy atom. The van der Waals surface area contributed by atoms with Crippen molar-refractivity contribution >= 4 is 5.91 Å². The molecular formula is C25H32N4O. The highest BCUT2D eigenvalue weighted by molar-refractivity contribution is 5.85. The summed E-state index contributed by atoms with van der Waals surface area (Å²) in [5.74, 6) is 3.12. The van der Waals surface area contributed by atoms with E-state index in [1.807, 2.05) is 24.3 Å². The maximum atomic E-state index is 13.5. The molecule has 5 heteroatoms. The Morgan fingerprint density at radius 3 is 2.20 bits per heavy atom. The molecule has 2 aromatic rings. The zero-order valence-electron chi connectivity index (χ0n) is 18.2. The van der Waals surface area contributed by atoms with Gasteiger partial charge in [0, 0.05) is 37.3 Å². The van der Waals surface area contributed by atoms with E-state index in [1.54, 1.807) is 24.8 Å². The highest BCUT2D eigenvalue weighted by Crippen LogP contribution is 2.63. The number of nitrogens with one attached hydrogen (secondary N) is 1. The molecule has 5 nitrogen and oxygen atoms in total. The van der Waals surface area contributed by atoms with Gasteiger partial charge < -0.3 is 4.90 Å². The van der Waals surface area contributed by atoms with Gasteiger partial charge in [-0.05, 0) is 77.3 Å². The van der Waals surface area contributed by atoms with Crippen LogP contribution in [0.2, 0.25) is 0 Å². The topological polar surface area (TPSA) is 58.1 Å². The van der Waals surface area contributed by atoms with Crippen LogP contribution in [0.5, 0.6) is 0 Å². The molecule has 158 valence electrons. The third-order valence-electron chi connectivity index (χ3n) is 8.51. The fraction of sp³-hybridized carbons (Fsp3) is 0.560. The minimum Gasteiger partial charge on any atom is -0.328 e. The van der Waals surface area contributed by atoms with E-state index >= 15 is 0 Å². The zero-order valence-corrected chi connectivity index (χ0v) is 18.2. The van der Waals surface area contributed by atoms with Crippen LogP contribution in [-0.4, -0.2) is 40.0 Å². The summed E-state index contributed by atoms with van der Waals surface area (Å²) in [6, 6.07) is 7.81. The Hall–Kier alpha value is -2.27. The Balaban J connectivity index is 1.34. The van der Waals surface area contributed by atoms with E-state index in [2.05, 4.69) is 41.0 Å². The number of amides is 1. The van der Waals surface area contributed by atoms with Crippen molar-refractivity contribution in [2.24, 2.45) is 29.1 Å². The molecule has 30 heavy (non-hydrogen) atoms. The second-order valence-electron chi connectivity index (χ2n) is 10.2. The van der Waals surface area contributed by atoms with Gasteiger partial charge in [-0.25, -0.2) is 0 Å². The van der Waals surface area contributed by atoms with E-state index in [0.717, 1.165) is 29.5 Å². The van der Waals surface area contributed by atoms with Gasteiger partial charge >= 0.3 is 0 Å². The molecule has 3 aliphatic carbocycles. The molecule has 5 atom stereocenters. The number of fused-ring (bicyclic) bond motifs is 2. The third kappa shape index (κ3) is 3.15. The summed E-state index contributed by atoms with van der Waals surface area (Å²) >= 11 is 0. The second kappa shape index (κ2) is 7.45. The van der Waals surface area contributed by atoms with Crippen molar-refractivity contribution in [1.29, 1.82) is 0 Å². The first-order valence-corrected chi connectivity index (χ1v) is 11.3. The van der Waals surface area contributed by atoms with Crippen LogP contribution in [0.4, 0.5) is 0 Å². The number of carbonyl (C=O) groups is 1. The van der Waals surface area contributed by atoms with Crippen LogP contribution < -0.4 is 5.32 Å².